The molecule has 2 aromatic heterocycles. The van der Waals surface area contributed by atoms with Crippen LogP contribution < -0.4 is 10.2 Å². The van der Waals surface area contributed by atoms with Gasteiger partial charge in [0.15, 0.2) is 9.84 Å². The van der Waals surface area contributed by atoms with Gasteiger partial charge in [-0.3, -0.25) is 4.79 Å². The van der Waals surface area contributed by atoms with Crippen LogP contribution in [-0.4, -0.2) is 54.9 Å². The standard InChI is InChI=1S/C17H22N4O3S2/c1-2-21(8-14(22)20-11-6-7-26(23,24)9-11)16-15-12-4-3-5-13(12)25-17(15)19-10-18-16/h10-11H,2-9H2,1H3,(H,20,22)/t11-/m1/s1. The number of aromatic nitrogens is 2. The van der Waals surface area contributed by atoms with E-state index in [1.54, 1.807) is 17.7 Å². The summed E-state index contributed by atoms with van der Waals surface area (Å²) >= 11 is 1.73. The smallest absolute Gasteiger partial charge is 0.239 e. The molecule has 2 aliphatic rings. The minimum absolute atomic E-state index is 0.0423. The summed E-state index contributed by atoms with van der Waals surface area (Å²) in [6.45, 7) is 2.81. The lowest BCUT2D eigenvalue weighted by atomic mass is 10.2. The first kappa shape index (κ1) is 17.7. The van der Waals surface area contributed by atoms with Gasteiger partial charge in [0.2, 0.25) is 5.91 Å². The van der Waals surface area contributed by atoms with Crippen LogP contribution in [-0.2, 0) is 27.5 Å². The predicted octanol–water partition coefficient (Wildman–Crippen LogP) is 1.31. The minimum atomic E-state index is -3.00. The summed E-state index contributed by atoms with van der Waals surface area (Å²) in [5, 5.41) is 3.95. The molecule has 1 saturated heterocycles. The number of hydrogen-bond acceptors (Lipinski definition) is 7. The number of sulfone groups is 1. The third kappa shape index (κ3) is 3.29. The van der Waals surface area contributed by atoms with E-state index in [9.17, 15) is 13.2 Å². The third-order valence-electron chi connectivity index (χ3n) is 5.09. The van der Waals surface area contributed by atoms with Crippen molar-refractivity contribution in [3.8, 4) is 0 Å². The Hall–Kier alpha value is -1.74. The molecule has 0 unspecified atom stereocenters. The van der Waals surface area contributed by atoms with Gasteiger partial charge in [-0.2, -0.15) is 0 Å². The van der Waals surface area contributed by atoms with E-state index in [-0.39, 0.29) is 30.0 Å². The first-order chi connectivity index (χ1) is 12.5. The second-order valence-electron chi connectivity index (χ2n) is 6.92. The van der Waals surface area contributed by atoms with E-state index >= 15 is 0 Å². The highest BCUT2D eigenvalue weighted by molar-refractivity contribution is 7.91. The number of carbonyl (C=O) groups excluding carboxylic acids is 1. The number of carbonyl (C=O) groups is 1. The van der Waals surface area contributed by atoms with Gasteiger partial charge in [-0.1, -0.05) is 0 Å². The van der Waals surface area contributed by atoms with Crippen molar-refractivity contribution in [1.29, 1.82) is 0 Å². The van der Waals surface area contributed by atoms with Gasteiger partial charge in [-0.25, -0.2) is 18.4 Å². The zero-order chi connectivity index (χ0) is 18.3. The van der Waals surface area contributed by atoms with Gasteiger partial charge >= 0.3 is 0 Å². The second kappa shape index (κ2) is 6.77. The molecule has 1 aliphatic heterocycles. The average molecular weight is 395 g/mol. The molecule has 4 rings (SSSR count). The van der Waals surface area contributed by atoms with E-state index in [1.807, 2.05) is 11.8 Å². The number of rotatable bonds is 5. The molecular weight excluding hydrogens is 372 g/mol. The van der Waals surface area contributed by atoms with Crippen molar-refractivity contribution in [2.24, 2.45) is 0 Å². The number of fused-ring (bicyclic) bond motifs is 3. The Morgan fingerprint density at radius 1 is 1.38 bits per heavy atom. The minimum Gasteiger partial charge on any atom is -0.351 e. The average Bonchev–Trinajstić information content (AvgIpc) is 3.26. The van der Waals surface area contributed by atoms with Crippen LogP contribution in [0, 0.1) is 0 Å². The molecule has 1 amide bonds. The maximum absolute atomic E-state index is 12.5. The molecule has 7 nitrogen and oxygen atoms in total. The molecule has 1 N–H and O–H groups in total. The molecule has 9 heteroatoms. The monoisotopic (exact) mass is 394 g/mol. The number of likely N-dealkylation sites (N-methyl/N-ethyl adjacent to an activating group) is 1. The largest absolute Gasteiger partial charge is 0.351 e. The van der Waals surface area contributed by atoms with Gasteiger partial charge in [0.1, 0.15) is 17.0 Å². The van der Waals surface area contributed by atoms with E-state index in [4.69, 9.17) is 0 Å². The fourth-order valence-electron chi connectivity index (χ4n) is 3.84. The maximum Gasteiger partial charge on any atom is 0.239 e. The van der Waals surface area contributed by atoms with Crippen LogP contribution in [0.15, 0.2) is 6.33 Å². The summed E-state index contributed by atoms with van der Waals surface area (Å²) in [4.78, 5) is 25.7. The summed E-state index contributed by atoms with van der Waals surface area (Å²) < 4.78 is 23.1. The molecule has 1 fully saturated rings. The van der Waals surface area contributed by atoms with Crippen molar-refractivity contribution in [2.45, 2.75) is 38.6 Å². The molecule has 0 saturated carbocycles. The lowest BCUT2D eigenvalue weighted by Crippen LogP contribution is -2.43. The summed E-state index contributed by atoms with van der Waals surface area (Å²) in [5.74, 6) is 0.850. The fourth-order valence-corrected chi connectivity index (χ4v) is 6.74. The van der Waals surface area contributed by atoms with Crippen LogP contribution in [0.2, 0.25) is 0 Å². The fraction of sp³-hybridized carbons (Fsp3) is 0.588. The van der Waals surface area contributed by atoms with Gasteiger partial charge in [0, 0.05) is 17.5 Å². The van der Waals surface area contributed by atoms with E-state index < -0.39 is 9.84 Å². The number of amides is 1. The Labute approximate surface area is 156 Å². The number of anilines is 1. The lowest BCUT2D eigenvalue weighted by Gasteiger charge is -2.23. The molecular formula is C17H22N4O3S2. The third-order valence-corrected chi connectivity index (χ3v) is 8.06. The van der Waals surface area contributed by atoms with Crippen LogP contribution >= 0.6 is 11.3 Å². The summed E-state index contributed by atoms with van der Waals surface area (Å²) in [6, 6.07) is -0.276. The van der Waals surface area contributed by atoms with Gasteiger partial charge in [-0.15, -0.1) is 11.3 Å². The molecule has 1 aliphatic carbocycles. The van der Waals surface area contributed by atoms with Crippen molar-refractivity contribution >= 4 is 43.1 Å². The van der Waals surface area contributed by atoms with Crippen LogP contribution in [0.3, 0.4) is 0 Å². The Morgan fingerprint density at radius 2 is 2.23 bits per heavy atom. The molecule has 0 spiro atoms. The maximum atomic E-state index is 12.5. The van der Waals surface area contributed by atoms with Crippen molar-refractivity contribution in [2.75, 3.05) is 29.5 Å². The first-order valence-electron chi connectivity index (χ1n) is 8.97. The number of aryl methyl sites for hydroxylation is 2. The highest BCUT2D eigenvalue weighted by Crippen LogP contribution is 2.40. The summed E-state index contributed by atoms with van der Waals surface area (Å²) in [5.41, 5.74) is 1.33. The SMILES string of the molecule is CCN(CC(=O)N[C@@H]1CCS(=O)(=O)C1)c1ncnc2sc3c(c12)CCC3. The van der Waals surface area contributed by atoms with Crippen LogP contribution in [0.5, 0.6) is 0 Å². The van der Waals surface area contributed by atoms with Gasteiger partial charge < -0.3 is 10.2 Å². The highest BCUT2D eigenvalue weighted by atomic mass is 32.2. The zero-order valence-corrected chi connectivity index (χ0v) is 16.3. The molecule has 3 heterocycles. The van der Waals surface area contributed by atoms with Crippen LogP contribution in [0.25, 0.3) is 10.2 Å². The molecule has 140 valence electrons. The Kier molecular flexibility index (Phi) is 4.60. The quantitative estimate of drug-likeness (QED) is 0.822. The molecule has 26 heavy (non-hydrogen) atoms. The lowest BCUT2D eigenvalue weighted by molar-refractivity contribution is -0.120. The van der Waals surface area contributed by atoms with E-state index in [0.29, 0.717) is 13.0 Å². The Bertz CT molecular complexity index is 954. The second-order valence-corrected chi connectivity index (χ2v) is 10.2. The van der Waals surface area contributed by atoms with Crippen molar-refractivity contribution in [3.05, 3.63) is 16.8 Å². The predicted molar refractivity (Wildman–Crippen MR) is 103 cm³/mol. The van der Waals surface area contributed by atoms with Crippen LogP contribution in [0.1, 0.15) is 30.2 Å². The topological polar surface area (TPSA) is 92.3 Å². The van der Waals surface area contributed by atoms with Gasteiger partial charge in [-0.05, 0) is 38.2 Å². The summed E-state index contributed by atoms with van der Waals surface area (Å²) in [7, 11) is -3.00. The normalized spacial score (nSPS) is 21.0. The first-order valence-corrected chi connectivity index (χ1v) is 11.6. The zero-order valence-electron chi connectivity index (χ0n) is 14.7. The number of thiophene rings is 1. The van der Waals surface area contributed by atoms with Gasteiger partial charge in [0.05, 0.1) is 23.4 Å². The van der Waals surface area contributed by atoms with Gasteiger partial charge in [0.25, 0.3) is 0 Å². The molecule has 0 bridgehead atoms. The van der Waals surface area contributed by atoms with Crippen molar-refractivity contribution in [3.63, 3.8) is 0 Å². The van der Waals surface area contributed by atoms with E-state index in [0.717, 1.165) is 35.3 Å². The molecule has 0 aromatic carbocycles. The van der Waals surface area contributed by atoms with E-state index in [2.05, 4.69) is 15.3 Å². The molecule has 2 aromatic rings. The Morgan fingerprint density at radius 3 is 2.96 bits per heavy atom. The summed E-state index contributed by atoms with van der Waals surface area (Å²) in [6.07, 6.45) is 5.36. The van der Waals surface area contributed by atoms with E-state index in [1.165, 1.54) is 10.4 Å². The number of nitrogens with zero attached hydrogens (tertiary/aromatic N) is 3. The molecule has 0 radical (unpaired) electrons. The number of hydrogen-bond donors (Lipinski definition) is 1. The number of nitrogens with one attached hydrogen (secondary N) is 1. The molecule has 1 atom stereocenters. The highest BCUT2D eigenvalue weighted by Gasteiger charge is 2.30. The Balaban J connectivity index is 1.54. The van der Waals surface area contributed by atoms with Crippen LogP contribution in [0.4, 0.5) is 5.82 Å². The van der Waals surface area contributed by atoms with Crippen molar-refractivity contribution < 1.29 is 13.2 Å². The van der Waals surface area contributed by atoms with Crippen molar-refractivity contribution in [1.82, 2.24) is 15.3 Å².